The number of allylic oxidation sites excluding steroid dienone is 1. The number of carbonyl (C=O) groups is 2. The molecule has 0 bridgehead atoms. The van der Waals surface area contributed by atoms with Crippen molar-refractivity contribution in [3.8, 4) is 0 Å². The van der Waals surface area contributed by atoms with Crippen LogP contribution in [0.3, 0.4) is 0 Å². The summed E-state index contributed by atoms with van der Waals surface area (Å²) in [4.78, 5) is 26.2. The van der Waals surface area contributed by atoms with E-state index < -0.39 is 5.60 Å². The lowest BCUT2D eigenvalue weighted by Gasteiger charge is -2.72. The Labute approximate surface area is 232 Å². The molecule has 0 aliphatic heterocycles. The van der Waals surface area contributed by atoms with Gasteiger partial charge in [0.25, 0.3) is 0 Å². The van der Waals surface area contributed by atoms with E-state index >= 15 is 0 Å². The number of alkyl carbamates (subject to hydrolysis) is 1. The number of nitrogens with one attached hydrogen (secondary N) is 1. The molecule has 5 rings (SSSR count). The number of hydrogen-bond acceptors (Lipinski definition) is 3. The molecule has 5 fully saturated rings. The highest BCUT2D eigenvalue weighted by molar-refractivity contribution is 5.85. The van der Waals surface area contributed by atoms with Crippen LogP contribution < -0.4 is 5.32 Å². The zero-order valence-electron chi connectivity index (χ0n) is 25.9. The van der Waals surface area contributed by atoms with Crippen LogP contribution in [0.4, 0.5) is 4.79 Å². The van der Waals surface area contributed by atoms with E-state index in [4.69, 9.17) is 4.74 Å². The fourth-order valence-electron chi connectivity index (χ4n) is 11.7. The van der Waals surface area contributed by atoms with Crippen molar-refractivity contribution in [2.24, 2.45) is 51.2 Å². The molecular formula is C34H55NO3. The van der Waals surface area contributed by atoms with Gasteiger partial charge in [0.05, 0.1) is 0 Å². The molecule has 0 spiro atoms. The van der Waals surface area contributed by atoms with Crippen LogP contribution in [0.5, 0.6) is 0 Å². The number of hydrogen-bond donors (Lipinski definition) is 1. The highest BCUT2D eigenvalue weighted by Gasteiger charge is 2.71. The number of ketones is 1. The van der Waals surface area contributed by atoms with Crippen LogP contribution in [0.1, 0.15) is 127 Å². The van der Waals surface area contributed by atoms with Crippen LogP contribution in [0.2, 0.25) is 0 Å². The maximum atomic E-state index is 13.2. The molecule has 0 aromatic heterocycles. The van der Waals surface area contributed by atoms with Crippen molar-refractivity contribution in [2.75, 3.05) is 0 Å². The minimum absolute atomic E-state index is 0.195. The van der Waals surface area contributed by atoms with Gasteiger partial charge in [-0.1, -0.05) is 46.8 Å². The van der Waals surface area contributed by atoms with Gasteiger partial charge in [-0.15, -0.1) is 0 Å². The summed E-state index contributed by atoms with van der Waals surface area (Å²) in [6.07, 6.45) is 10.7. The van der Waals surface area contributed by atoms with E-state index in [1.165, 1.54) is 31.3 Å². The number of fused-ring (bicyclic) bond motifs is 7. The molecule has 0 radical (unpaired) electrons. The normalized spacial score (nSPS) is 47.7. The van der Waals surface area contributed by atoms with Gasteiger partial charge in [-0.3, -0.25) is 4.79 Å². The lowest BCUT2D eigenvalue weighted by atomic mass is 9.32. The van der Waals surface area contributed by atoms with Gasteiger partial charge < -0.3 is 10.1 Å². The average molecular weight is 526 g/mol. The fourth-order valence-corrected chi connectivity index (χ4v) is 11.7. The predicted octanol–water partition coefficient (Wildman–Crippen LogP) is 8.49. The first-order chi connectivity index (χ1) is 17.4. The van der Waals surface area contributed by atoms with Crippen LogP contribution in [-0.2, 0) is 9.53 Å². The summed E-state index contributed by atoms with van der Waals surface area (Å²) >= 11 is 0. The lowest BCUT2D eigenvalue weighted by molar-refractivity contribution is -0.228. The van der Waals surface area contributed by atoms with Crippen molar-refractivity contribution in [1.82, 2.24) is 5.32 Å². The predicted molar refractivity (Wildman–Crippen MR) is 154 cm³/mol. The van der Waals surface area contributed by atoms with Crippen LogP contribution >= 0.6 is 0 Å². The first-order valence-corrected chi connectivity index (χ1v) is 15.6. The number of ether oxygens (including phenoxy) is 1. The average Bonchev–Trinajstić information content (AvgIpc) is 3.15. The molecule has 1 N–H and O–H groups in total. The Balaban J connectivity index is 1.51. The molecule has 214 valence electrons. The molecule has 5 aliphatic carbocycles. The number of Topliss-reactive ketones (excluding diaryl/α,β-unsaturated/α-hetero) is 1. The van der Waals surface area contributed by atoms with Crippen LogP contribution in [-0.4, -0.2) is 23.0 Å². The van der Waals surface area contributed by atoms with Crippen molar-refractivity contribution in [2.45, 2.75) is 138 Å². The van der Waals surface area contributed by atoms with Gasteiger partial charge in [0.2, 0.25) is 0 Å². The van der Waals surface area contributed by atoms with E-state index in [9.17, 15) is 9.59 Å². The summed E-state index contributed by atoms with van der Waals surface area (Å²) in [6.45, 7) is 24.8. The molecule has 9 unspecified atom stereocenters. The summed E-state index contributed by atoms with van der Waals surface area (Å²) in [5.74, 6) is 3.05. The summed E-state index contributed by atoms with van der Waals surface area (Å²) in [5, 5.41) is 3.50. The molecule has 0 saturated heterocycles. The summed E-state index contributed by atoms with van der Waals surface area (Å²) < 4.78 is 5.81. The van der Waals surface area contributed by atoms with Crippen molar-refractivity contribution in [3.05, 3.63) is 12.2 Å². The van der Waals surface area contributed by atoms with Crippen LogP contribution in [0.15, 0.2) is 12.2 Å². The first-order valence-electron chi connectivity index (χ1n) is 15.6. The largest absolute Gasteiger partial charge is 0.444 e. The van der Waals surface area contributed by atoms with E-state index in [-0.39, 0.29) is 33.3 Å². The van der Waals surface area contributed by atoms with E-state index in [2.05, 4.69) is 53.4 Å². The fraction of sp³-hybridized carbons (Fsp3) is 0.882. The Bertz CT molecular complexity index is 1020. The zero-order valence-corrected chi connectivity index (χ0v) is 25.9. The molecule has 0 aromatic carbocycles. The molecule has 1 amide bonds. The highest BCUT2D eigenvalue weighted by Crippen LogP contribution is 2.76. The molecule has 5 aliphatic rings. The van der Waals surface area contributed by atoms with Crippen LogP contribution in [0.25, 0.3) is 0 Å². The molecule has 38 heavy (non-hydrogen) atoms. The van der Waals surface area contributed by atoms with Gasteiger partial charge in [-0.05, 0) is 131 Å². The Hall–Kier alpha value is -1.32. The third kappa shape index (κ3) is 3.80. The van der Waals surface area contributed by atoms with Crippen LogP contribution in [0, 0.1) is 51.2 Å². The molecular weight excluding hydrogens is 470 g/mol. The molecule has 0 aromatic rings. The van der Waals surface area contributed by atoms with E-state index in [1.807, 2.05) is 20.8 Å². The Morgan fingerprint density at radius 1 is 0.895 bits per heavy atom. The number of amides is 1. The first kappa shape index (κ1) is 28.2. The highest BCUT2D eigenvalue weighted by atomic mass is 16.6. The van der Waals surface area contributed by atoms with Gasteiger partial charge >= 0.3 is 6.09 Å². The Morgan fingerprint density at radius 3 is 2.21 bits per heavy atom. The quantitative estimate of drug-likeness (QED) is 0.368. The Morgan fingerprint density at radius 2 is 1.58 bits per heavy atom. The minimum atomic E-state index is -0.499. The molecule has 4 nitrogen and oxygen atoms in total. The van der Waals surface area contributed by atoms with Gasteiger partial charge in [0.15, 0.2) is 0 Å². The SMILES string of the molecule is C=C(C)C1CCC2(NC(=O)OC(C)(C)C)CCC3(C)C(CCC4C5(C)CCC(=O)C(C)(C)C5CCC43C)C12. The third-order valence-corrected chi connectivity index (χ3v) is 13.6. The van der Waals surface area contributed by atoms with E-state index in [1.54, 1.807) is 0 Å². The standard InChI is InChI=1S/C34H55NO3/c1-21(2)22-13-18-34(35-28(37)38-29(3,4)5)20-19-32(9)23(27(22)34)11-12-25-31(8)16-15-26(36)30(6,7)24(31)14-17-33(25,32)10/h22-25,27H,1,11-20H2,2-10H3,(H,35,37). The minimum Gasteiger partial charge on any atom is -0.444 e. The van der Waals surface area contributed by atoms with Gasteiger partial charge in [0.1, 0.15) is 11.4 Å². The van der Waals surface area contributed by atoms with Crippen molar-refractivity contribution >= 4 is 11.9 Å². The van der Waals surface area contributed by atoms with Crippen molar-refractivity contribution in [3.63, 3.8) is 0 Å². The lowest BCUT2D eigenvalue weighted by Crippen LogP contribution is -2.69. The molecule has 5 saturated carbocycles. The summed E-state index contributed by atoms with van der Waals surface area (Å²) in [7, 11) is 0. The second-order valence-corrected chi connectivity index (χ2v) is 16.6. The van der Waals surface area contributed by atoms with Gasteiger partial charge in [0, 0.05) is 17.4 Å². The molecule has 4 heteroatoms. The monoisotopic (exact) mass is 525 g/mol. The molecule has 0 heterocycles. The summed E-state index contributed by atoms with van der Waals surface area (Å²) in [6, 6.07) is 0. The second-order valence-electron chi connectivity index (χ2n) is 16.6. The van der Waals surface area contributed by atoms with Gasteiger partial charge in [-0.25, -0.2) is 4.79 Å². The Kier molecular flexibility index (Phi) is 6.38. The topological polar surface area (TPSA) is 55.4 Å². The summed E-state index contributed by atoms with van der Waals surface area (Å²) in [5.41, 5.74) is 1.07. The zero-order chi connectivity index (χ0) is 28.1. The van der Waals surface area contributed by atoms with Crippen molar-refractivity contribution < 1.29 is 14.3 Å². The maximum Gasteiger partial charge on any atom is 0.408 e. The van der Waals surface area contributed by atoms with E-state index in [0.29, 0.717) is 35.4 Å². The second kappa shape index (κ2) is 8.59. The van der Waals surface area contributed by atoms with Crippen molar-refractivity contribution in [1.29, 1.82) is 0 Å². The number of carbonyl (C=O) groups excluding carboxylic acids is 2. The van der Waals surface area contributed by atoms with E-state index in [0.717, 1.165) is 38.5 Å². The maximum absolute atomic E-state index is 13.2. The molecule has 9 atom stereocenters. The number of rotatable bonds is 2. The third-order valence-electron chi connectivity index (χ3n) is 13.6. The smallest absolute Gasteiger partial charge is 0.408 e. The van der Waals surface area contributed by atoms with Gasteiger partial charge in [-0.2, -0.15) is 0 Å².